The Kier molecular flexibility index (Phi) is 45.0. The molecular weight excluding hydrogens is 733 g/mol. The first-order valence-corrected chi connectivity index (χ1v) is 24.5. The van der Waals surface area contributed by atoms with Crippen molar-refractivity contribution in [3.05, 3.63) is 72.9 Å². The highest BCUT2D eigenvalue weighted by Gasteiger charge is 2.19. The zero-order valence-electron chi connectivity index (χ0n) is 38.5. The molecule has 1 unspecified atom stereocenters. The van der Waals surface area contributed by atoms with Crippen molar-refractivity contribution >= 4 is 17.9 Å². The Bertz CT molecular complexity index is 1130. The van der Waals surface area contributed by atoms with Crippen molar-refractivity contribution < 1.29 is 28.6 Å². The van der Waals surface area contributed by atoms with Gasteiger partial charge in [-0.2, -0.15) is 0 Å². The lowest BCUT2D eigenvalue weighted by molar-refractivity contribution is -0.167. The average Bonchev–Trinajstić information content (AvgIpc) is 3.23. The molecule has 1 atom stereocenters. The molecule has 0 amide bonds. The minimum absolute atomic E-state index is 0.0987. The number of ether oxygens (including phenoxy) is 3. The van der Waals surface area contributed by atoms with E-state index in [9.17, 15) is 14.4 Å². The summed E-state index contributed by atoms with van der Waals surface area (Å²) in [5, 5.41) is 0. The summed E-state index contributed by atoms with van der Waals surface area (Å²) in [5.74, 6) is -0.961. The summed E-state index contributed by atoms with van der Waals surface area (Å²) >= 11 is 0. The number of allylic oxidation sites excluding steroid dienone is 12. The van der Waals surface area contributed by atoms with E-state index in [1.807, 2.05) is 36.5 Å². The molecule has 0 aliphatic heterocycles. The Morgan fingerprint density at radius 3 is 1.12 bits per heavy atom. The normalized spacial score (nSPS) is 12.7. The predicted octanol–water partition coefficient (Wildman–Crippen LogP) is 15.9. The molecule has 0 aliphatic rings. The van der Waals surface area contributed by atoms with Gasteiger partial charge < -0.3 is 14.2 Å². The fourth-order valence-corrected chi connectivity index (χ4v) is 6.56. The van der Waals surface area contributed by atoms with Crippen molar-refractivity contribution in [1.29, 1.82) is 0 Å². The standard InChI is InChI=1S/C53H90O6/c1-4-7-10-13-16-19-22-25-26-29-31-34-37-40-43-46-52(55)58-49-50(59-53(56)47-44-41-38-35-32-28-24-21-18-15-12-9-6-3)48-57-51(54)45-42-39-36-33-30-27-23-20-17-14-11-8-5-2/h9,12,15,18-19,21-22,24,27-28,30,32,50H,4-8,10-11,13-14,16-17,20,23,25-26,29,31,33-49H2,1-3H3/b12-9+,18-15+,22-19+,24-21+,30-27+,32-28+. The maximum atomic E-state index is 12.7. The van der Waals surface area contributed by atoms with Gasteiger partial charge in [0, 0.05) is 19.3 Å². The topological polar surface area (TPSA) is 78.9 Å². The van der Waals surface area contributed by atoms with Gasteiger partial charge in [0.25, 0.3) is 0 Å². The van der Waals surface area contributed by atoms with Crippen molar-refractivity contribution in [3.63, 3.8) is 0 Å². The molecule has 0 radical (unpaired) electrons. The SMILES string of the molecule is CC/C=C/C=C/C=C/C=C/CCCCCC(=O)OC(COC(=O)CCCCC/C=C/CCCCCCCC)COC(=O)CCCCCCCCC/C=C/CCCCCC. The van der Waals surface area contributed by atoms with Crippen molar-refractivity contribution in [1.82, 2.24) is 0 Å². The molecule has 0 aliphatic carbocycles. The Labute approximate surface area is 363 Å². The highest BCUT2D eigenvalue weighted by Crippen LogP contribution is 2.13. The molecule has 0 fully saturated rings. The Morgan fingerprint density at radius 2 is 0.678 bits per heavy atom. The Morgan fingerprint density at radius 1 is 0.356 bits per heavy atom. The van der Waals surface area contributed by atoms with Crippen LogP contribution >= 0.6 is 0 Å². The lowest BCUT2D eigenvalue weighted by Crippen LogP contribution is -2.30. The second kappa shape index (κ2) is 47.5. The molecule has 0 aromatic carbocycles. The molecule has 0 rings (SSSR count). The van der Waals surface area contributed by atoms with Crippen LogP contribution in [0.3, 0.4) is 0 Å². The Hall–Kier alpha value is -3.15. The molecule has 6 nitrogen and oxygen atoms in total. The van der Waals surface area contributed by atoms with Gasteiger partial charge in [-0.15, -0.1) is 0 Å². The molecule has 0 saturated heterocycles. The molecule has 59 heavy (non-hydrogen) atoms. The zero-order chi connectivity index (χ0) is 43.0. The van der Waals surface area contributed by atoms with E-state index >= 15 is 0 Å². The quantitative estimate of drug-likeness (QED) is 0.0200. The van der Waals surface area contributed by atoms with E-state index in [0.717, 1.165) is 77.0 Å². The number of hydrogen-bond acceptors (Lipinski definition) is 6. The van der Waals surface area contributed by atoms with Crippen LogP contribution in [0.15, 0.2) is 72.9 Å². The van der Waals surface area contributed by atoms with Crippen LogP contribution in [0.5, 0.6) is 0 Å². The summed E-state index contributed by atoms with van der Waals surface area (Å²) < 4.78 is 16.7. The van der Waals surface area contributed by atoms with E-state index in [4.69, 9.17) is 14.2 Å². The van der Waals surface area contributed by atoms with Crippen LogP contribution in [0, 0.1) is 0 Å². The fourth-order valence-electron chi connectivity index (χ4n) is 6.56. The van der Waals surface area contributed by atoms with Crippen LogP contribution in [0.1, 0.15) is 226 Å². The minimum Gasteiger partial charge on any atom is -0.462 e. The summed E-state index contributed by atoms with van der Waals surface area (Å²) in [7, 11) is 0. The van der Waals surface area contributed by atoms with E-state index in [0.29, 0.717) is 19.3 Å². The maximum absolute atomic E-state index is 12.7. The number of esters is 3. The molecule has 0 bridgehead atoms. The van der Waals surface area contributed by atoms with Crippen LogP contribution in [-0.4, -0.2) is 37.2 Å². The number of carbonyl (C=O) groups excluding carboxylic acids is 3. The zero-order valence-corrected chi connectivity index (χ0v) is 38.5. The third kappa shape index (κ3) is 45.8. The van der Waals surface area contributed by atoms with Crippen molar-refractivity contribution in [2.75, 3.05) is 13.2 Å². The fraction of sp³-hybridized carbons (Fsp3) is 0.717. The smallest absolute Gasteiger partial charge is 0.306 e. The summed E-state index contributed by atoms with van der Waals surface area (Å²) in [6.07, 6.45) is 58.8. The van der Waals surface area contributed by atoms with Crippen LogP contribution in [0.2, 0.25) is 0 Å². The first-order chi connectivity index (χ1) is 29.0. The number of unbranched alkanes of at least 4 members (excludes halogenated alkanes) is 23. The van der Waals surface area contributed by atoms with Crippen molar-refractivity contribution in [3.8, 4) is 0 Å². The second-order valence-corrected chi connectivity index (χ2v) is 16.1. The van der Waals surface area contributed by atoms with Gasteiger partial charge in [-0.1, -0.05) is 190 Å². The number of hydrogen-bond donors (Lipinski definition) is 0. The van der Waals surface area contributed by atoms with Crippen LogP contribution in [0.25, 0.3) is 0 Å². The molecule has 0 N–H and O–H groups in total. The van der Waals surface area contributed by atoms with Gasteiger partial charge >= 0.3 is 17.9 Å². The molecule has 0 spiro atoms. The van der Waals surface area contributed by atoms with Crippen molar-refractivity contribution in [2.45, 2.75) is 232 Å². The van der Waals surface area contributed by atoms with Crippen LogP contribution < -0.4 is 0 Å². The van der Waals surface area contributed by atoms with E-state index in [1.165, 1.54) is 103 Å². The monoisotopic (exact) mass is 823 g/mol. The average molecular weight is 823 g/mol. The van der Waals surface area contributed by atoms with Gasteiger partial charge in [0.15, 0.2) is 6.10 Å². The molecular formula is C53H90O6. The lowest BCUT2D eigenvalue weighted by atomic mass is 10.1. The largest absolute Gasteiger partial charge is 0.462 e. The third-order valence-corrected chi connectivity index (χ3v) is 10.3. The maximum Gasteiger partial charge on any atom is 0.306 e. The predicted molar refractivity (Wildman–Crippen MR) is 251 cm³/mol. The van der Waals surface area contributed by atoms with E-state index in [1.54, 1.807) is 0 Å². The molecule has 0 aromatic rings. The first-order valence-electron chi connectivity index (χ1n) is 24.5. The van der Waals surface area contributed by atoms with E-state index < -0.39 is 6.10 Å². The highest BCUT2D eigenvalue weighted by molar-refractivity contribution is 5.71. The van der Waals surface area contributed by atoms with Gasteiger partial charge in [0.1, 0.15) is 13.2 Å². The molecule has 0 saturated carbocycles. The summed E-state index contributed by atoms with van der Waals surface area (Å²) in [6, 6.07) is 0. The van der Waals surface area contributed by atoms with Gasteiger partial charge in [-0.05, 0) is 89.9 Å². The van der Waals surface area contributed by atoms with E-state index in [-0.39, 0.29) is 37.5 Å². The number of rotatable bonds is 43. The van der Waals surface area contributed by atoms with Gasteiger partial charge in [-0.25, -0.2) is 0 Å². The summed E-state index contributed by atoms with van der Waals surface area (Å²) in [4.78, 5) is 37.8. The Balaban J connectivity index is 4.46. The number of carbonyl (C=O) groups is 3. The molecule has 0 heterocycles. The summed E-state index contributed by atoms with van der Waals surface area (Å²) in [6.45, 7) is 6.42. The van der Waals surface area contributed by atoms with Crippen LogP contribution in [-0.2, 0) is 28.6 Å². The first kappa shape index (κ1) is 55.9. The van der Waals surface area contributed by atoms with Gasteiger partial charge in [0.2, 0.25) is 0 Å². The van der Waals surface area contributed by atoms with Crippen LogP contribution in [0.4, 0.5) is 0 Å². The van der Waals surface area contributed by atoms with Gasteiger partial charge in [-0.3, -0.25) is 14.4 Å². The van der Waals surface area contributed by atoms with E-state index in [2.05, 4.69) is 57.2 Å². The van der Waals surface area contributed by atoms with Crippen molar-refractivity contribution in [2.24, 2.45) is 0 Å². The third-order valence-electron chi connectivity index (χ3n) is 10.3. The molecule has 338 valence electrons. The minimum atomic E-state index is -0.802. The van der Waals surface area contributed by atoms with Gasteiger partial charge in [0.05, 0.1) is 0 Å². The molecule has 0 aromatic heterocycles. The lowest BCUT2D eigenvalue weighted by Gasteiger charge is -2.18. The summed E-state index contributed by atoms with van der Waals surface area (Å²) in [5.41, 5.74) is 0. The molecule has 6 heteroatoms. The second-order valence-electron chi connectivity index (χ2n) is 16.1. The highest BCUT2D eigenvalue weighted by atomic mass is 16.6.